The van der Waals surface area contributed by atoms with Gasteiger partial charge in [-0.1, -0.05) is 32.9 Å². The van der Waals surface area contributed by atoms with Gasteiger partial charge in [-0.2, -0.15) is 0 Å². The van der Waals surface area contributed by atoms with Crippen molar-refractivity contribution in [2.45, 2.75) is 54.0 Å². The molecule has 29 heavy (non-hydrogen) atoms. The fourth-order valence-corrected chi connectivity index (χ4v) is 3.75. The van der Waals surface area contributed by atoms with Crippen LogP contribution in [0.15, 0.2) is 35.5 Å². The van der Waals surface area contributed by atoms with E-state index in [-0.39, 0.29) is 17.3 Å². The summed E-state index contributed by atoms with van der Waals surface area (Å²) in [5, 5.41) is 6.77. The summed E-state index contributed by atoms with van der Waals surface area (Å²) in [4.78, 5) is 26.9. The number of hydrogen-bond acceptors (Lipinski definition) is 4. The first kappa shape index (κ1) is 22.9. The van der Waals surface area contributed by atoms with Gasteiger partial charge in [0.15, 0.2) is 5.11 Å². The zero-order valence-corrected chi connectivity index (χ0v) is 18.9. The molecule has 0 fully saturated rings. The van der Waals surface area contributed by atoms with Crippen LogP contribution in [0.5, 0.6) is 0 Å². The Labute approximate surface area is 178 Å². The van der Waals surface area contributed by atoms with Gasteiger partial charge in [-0.05, 0) is 56.1 Å². The second kappa shape index (κ2) is 9.39. The standard InChI is InChI=1S/C22H31N3O3S/c1-7-25-14(3)18(20(27)28-8-2)19(24-21(25)29)15-10-9-11-16(12-15)23-17(26)13-22(4,5)6/h9-12,19H,7-8,13H2,1-6H3,(H,23,26)(H,24,29). The number of esters is 1. The number of allylic oxidation sites excluding steroid dienone is 1. The molecule has 6 nitrogen and oxygen atoms in total. The number of benzene rings is 1. The third-order valence-corrected chi connectivity index (χ3v) is 4.94. The fraction of sp³-hybridized carbons (Fsp3) is 0.500. The fourth-order valence-electron chi connectivity index (χ4n) is 3.37. The SMILES string of the molecule is CCOC(=O)C1=C(C)N(CC)C(=S)NC1c1cccc(NC(=O)CC(C)(C)C)c1. The second-order valence-electron chi connectivity index (χ2n) is 8.26. The van der Waals surface area contributed by atoms with Crippen molar-refractivity contribution in [3.63, 3.8) is 0 Å². The van der Waals surface area contributed by atoms with Crippen molar-refractivity contribution in [1.82, 2.24) is 10.2 Å². The number of carbonyl (C=O) groups is 2. The zero-order chi connectivity index (χ0) is 21.8. The maximum atomic E-state index is 12.7. The van der Waals surface area contributed by atoms with E-state index >= 15 is 0 Å². The van der Waals surface area contributed by atoms with Gasteiger partial charge in [0.05, 0.1) is 18.2 Å². The predicted molar refractivity (Wildman–Crippen MR) is 119 cm³/mol. The Bertz CT molecular complexity index is 827. The Morgan fingerprint density at radius 2 is 1.97 bits per heavy atom. The Morgan fingerprint density at radius 3 is 2.55 bits per heavy atom. The minimum atomic E-state index is -0.441. The molecule has 0 radical (unpaired) electrons. The summed E-state index contributed by atoms with van der Waals surface area (Å²) in [5.41, 5.74) is 2.73. The molecule has 0 aromatic heterocycles. The number of nitrogens with one attached hydrogen (secondary N) is 2. The lowest BCUT2D eigenvalue weighted by Gasteiger charge is -2.37. The predicted octanol–water partition coefficient (Wildman–Crippen LogP) is 4.15. The van der Waals surface area contributed by atoms with E-state index in [1.807, 2.05) is 63.8 Å². The van der Waals surface area contributed by atoms with E-state index in [1.54, 1.807) is 6.92 Å². The summed E-state index contributed by atoms with van der Waals surface area (Å²) >= 11 is 5.51. The van der Waals surface area contributed by atoms with Gasteiger partial charge in [-0.3, -0.25) is 4.79 Å². The first-order chi connectivity index (χ1) is 13.6. The first-order valence-electron chi connectivity index (χ1n) is 9.93. The maximum absolute atomic E-state index is 12.7. The van der Waals surface area contributed by atoms with Gasteiger partial charge < -0.3 is 20.3 Å². The first-order valence-corrected chi connectivity index (χ1v) is 10.3. The molecule has 1 aromatic carbocycles. The molecule has 7 heteroatoms. The molecule has 158 valence electrons. The van der Waals surface area contributed by atoms with Crippen molar-refractivity contribution in [3.05, 3.63) is 41.1 Å². The summed E-state index contributed by atoms with van der Waals surface area (Å²) in [6, 6.07) is 7.04. The largest absolute Gasteiger partial charge is 0.463 e. The number of carbonyl (C=O) groups excluding carboxylic acids is 2. The van der Waals surface area contributed by atoms with E-state index in [0.717, 1.165) is 11.3 Å². The lowest BCUT2D eigenvalue weighted by atomic mass is 9.92. The van der Waals surface area contributed by atoms with E-state index in [9.17, 15) is 9.59 Å². The third kappa shape index (κ3) is 5.79. The van der Waals surface area contributed by atoms with Crippen LogP contribution in [0, 0.1) is 5.41 Å². The van der Waals surface area contributed by atoms with Crippen LogP contribution in [-0.4, -0.2) is 35.0 Å². The van der Waals surface area contributed by atoms with Crippen molar-refractivity contribution in [2.75, 3.05) is 18.5 Å². The number of nitrogens with zero attached hydrogens (tertiary/aromatic N) is 1. The molecule has 1 unspecified atom stereocenters. The molecular weight excluding hydrogens is 386 g/mol. The van der Waals surface area contributed by atoms with Gasteiger partial charge in [0.2, 0.25) is 5.91 Å². The third-order valence-electron chi connectivity index (χ3n) is 4.60. The topological polar surface area (TPSA) is 70.7 Å². The Kier molecular flexibility index (Phi) is 7.41. The minimum absolute atomic E-state index is 0.0451. The maximum Gasteiger partial charge on any atom is 0.338 e. The average molecular weight is 418 g/mol. The molecule has 0 spiro atoms. The highest BCUT2D eigenvalue weighted by molar-refractivity contribution is 7.80. The van der Waals surface area contributed by atoms with E-state index in [0.29, 0.717) is 35.9 Å². The summed E-state index contributed by atoms with van der Waals surface area (Å²) in [7, 11) is 0. The molecular formula is C22H31N3O3S. The molecule has 1 amide bonds. The highest BCUT2D eigenvalue weighted by Crippen LogP contribution is 2.32. The van der Waals surface area contributed by atoms with Crippen LogP contribution in [0.2, 0.25) is 0 Å². The number of hydrogen-bond donors (Lipinski definition) is 2. The molecule has 1 heterocycles. The van der Waals surface area contributed by atoms with Crippen molar-refractivity contribution < 1.29 is 14.3 Å². The van der Waals surface area contributed by atoms with Gasteiger partial charge >= 0.3 is 5.97 Å². The Balaban J connectivity index is 2.38. The minimum Gasteiger partial charge on any atom is -0.463 e. The monoisotopic (exact) mass is 417 g/mol. The number of ether oxygens (including phenoxy) is 1. The smallest absolute Gasteiger partial charge is 0.338 e. The molecule has 0 saturated carbocycles. The number of thiocarbonyl (C=S) groups is 1. The van der Waals surface area contributed by atoms with Gasteiger partial charge in [0.25, 0.3) is 0 Å². The summed E-state index contributed by atoms with van der Waals surface area (Å²) in [5.74, 6) is -0.415. The van der Waals surface area contributed by atoms with Crippen LogP contribution in [0.1, 0.15) is 59.6 Å². The van der Waals surface area contributed by atoms with Crippen LogP contribution in [-0.2, 0) is 14.3 Å². The van der Waals surface area contributed by atoms with Crippen molar-refractivity contribution in [1.29, 1.82) is 0 Å². The molecule has 1 aliphatic heterocycles. The summed E-state index contributed by atoms with van der Waals surface area (Å²) in [6.45, 7) is 12.7. The van der Waals surface area contributed by atoms with Gasteiger partial charge in [0, 0.05) is 24.4 Å². The lowest BCUT2D eigenvalue weighted by Crippen LogP contribution is -2.47. The van der Waals surface area contributed by atoms with Crippen LogP contribution >= 0.6 is 12.2 Å². The molecule has 1 atom stereocenters. The zero-order valence-electron chi connectivity index (χ0n) is 18.1. The van der Waals surface area contributed by atoms with E-state index in [2.05, 4.69) is 10.6 Å². The quantitative estimate of drug-likeness (QED) is 0.535. The molecule has 1 aliphatic rings. The molecule has 0 aliphatic carbocycles. The van der Waals surface area contributed by atoms with Crippen LogP contribution in [0.3, 0.4) is 0 Å². The summed E-state index contributed by atoms with van der Waals surface area (Å²) < 4.78 is 5.30. The molecule has 2 N–H and O–H groups in total. The lowest BCUT2D eigenvalue weighted by molar-refractivity contribution is -0.139. The number of rotatable bonds is 6. The number of anilines is 1. The molecule has 1 aromatic rings. The Morgan fingerprint density at radius 1 is 1.28 bits per heavy atom. The van der Waals surface area contributed by atoms with Crippen LogP contribution < -0.4 is 10.6 Å². The normalized spacial score (nSPS) is 17.1. The van der Waals surface area contributed by atoms with E-state index in [1.165, 1.54) is 0 Å². The van der Waals surface area contributed by atoms with Gasteiger partial charge in [0.1, 0.15) is 0 Å². The molecule has 0 saturated heterocycles. The molecule has 2 rings (SSSR count). The van der Waals surface area contributed by atoms with Gasteiger partial charge in [-0.15, -0.1) is 0 Å². The second-order valence-corrected chi connectivity index (χ2v) is 8.64. The number of amides is 1. The van der Waals surface area contributed by atoms with Crippen molar-refractivity contribution >= 4 is 34.9 Å². The summed E-state index contributed by atoms with van der Waals surface area (Å²) in [6.07, 6.45) is 0.418. The van der Waals surface area contributed by atoms with Crippen molar-refractivity contribution in [3.8, 4) is 0 Å². The molecule has 0 bridgehead atoms. The van der Waals surface area contributed by atoms with Gasteiger partial charge in [-0.25, -0.2) is 4.79 Å². The highest BCUT2D eigenvalue weighted by Gasteiger charge is 2.34. The van der Waals surface area contributed by atoms with E-state index in [4.69, 9.17) is 17.0 Å². The van der Waals surface area contributed by atoms with Crippen molar-refractivity contribution in [2.24, 2.45) is 5.41 Å². The average Bonchev–Trinajstić information content (AvgIpc) is 2.60. The van der Waals surface area contributed by atoms with E-state index < -0.39 is 6.04 Å². The Hall–Kier alpha value is -2.41. The van der Waals surface area contributed by atoms with Crippen LogP contribution in [0.4, 0.5) is 5.69 Å². The van der Waals surface area contributed by atoms with Crippen LogP contribution in [0.25, 0.3) is 0 Å². The highest BCUT2D eigenvalue weighted by atomic mass is 32.1.